The van der Waals surface area contributed by atoms with Gasteiger partial charge in [0.1, 0.15) is 4.90 Å². The highest BCUT2D eigenvalue weighted by Gasteiger charge is 2.38. The fourth-order valence-electron chi connectivity index (χ4n) is 2.44. The lowest BCUT2D eigenvalue weighted by atomic mass is 9.97. The van der Waals surface area contributed by atoms with Gasteiger partial charge >= 0.3 is 0 Å². The molecule has 2 rings (SSSR count). The first-order valence-corrected chi connectivity index (χ1v) is 7.61. The van der Waals surface area contributed by atoms with E-state index < -0.39 is 15.6 Å². The number of β-amino-alcohol motifs (C(OH)–C–C–N with tert-alkyl or cyclic N) is 1. The molecule has 0 aliphatic carbocycles. The van der Waals surface area contributed by atoms with Gasteiger partial charge in [0.25, 0.3) is 0 Å². The molecule has 3 N–H and O–H groups in total. The molecule has 19 heavy (non-hydrogen) atoms. The molecule has 0 aromatic carbocycles. The minimum absolute atomic E-state index is 0.00483. The summed E-state index contributed by atoms with van der Waals surface area (Å²) in [6, 6.07) is 0. The predicted molar refractivity (Wildman–Crippen MR) is 71.0 cm³/mol. The topological polar surface area (TPSA) is 101 Å². The zero-order valence-electron chi connectivity index (χ0n) is 11.4. The van der Waals surface area contributed by atoms with Crippen LogP contribution >= 0.6 is 0 Å². The molecule has 1 unspecified atom stereocenters. The van der Waals surface area contributed by atoms with Crippen molar-refractivity contribution in [1.29, 1.82) is 0 Å². The molecule has 8 heteroatoms. The van der Waals surface area contributed by atoms with Gasteiger partial charge in [0, 0.05) is 20.1 Å². The van der Waals surface area contributed by atoms with Gasteiger partial charge in [0.05, 0.1) is 11.3 Å². The number of nitrogens with two attached hydrogens (primary N) is 1. The van der Waals surface area contributed by atoms with E-state index in [1.807, 2.05) is 0 Å². The van der Waals surface area contributed by atoms with Crippen molar-refractivity contribution < 1.29 is 13.5 Å². The molecule has 0 radical (unpaired) electrons. The summed E-state index contributed by atoms with van der Waals surface area (Å²) in [5, 5.41) is 14.0. The summed E-state index contributed by atoms with van der Waals surface area (Å²) in [5.74, 6) is 0.00483. The zero-order chi connectivity index (χ0) is 14.4. The SMILES string of the molecule is Cc1c(S(=O)(=O)N2CCCC(C)(O)C2)c(N)nn1C. The minimum atomic E-state index is -3.71. The lowest BCUT2D eigenvalue weighted by Gasteiger charge is -2.35. The summed E-state index contributed by atoms with van der Waals surface area (Å²) in [6.07, 6.45) is 1.23. The van der Waals surface area contributed by atoms with Crippen LogP contribution in [0.1, 0.15) is 25.5 Å². The number of aryl methyl sites for hydroxylation is 1. The normalized spacial score (nSPS) is 25.7. The van der Waals surface area contributed by atoms with Crippen LogP contribution in [0.3, 0.4) is 0 Å². The third-order valence-corrected chi connectivity index (χ3v) is 5.55. The fraction of sp³-hybridized carbons (Fsp3) is 0.727. The van der Waals surface area contributed by atoms with E-state index in [1.54, 1.807) is 20.9 Å². The van der Waals surface area contributed by atoms with E-state index in [0.29, 0.717) is 25.1 Å². The molecule has 108 valence electrons. The smallest absolute Gasteiger partial charge is 0.248 e. The van der Waals surface area contributed by atoms with Crippen LogP contribution < -0.4 is 5.73 Å². The van der Waals surface area contributed by atoms with Crippen molar-refractivity contribution in [1.82, 2.24) is 14.1 Å². The number of hydrogen-bond acceptors (Lipinski definition) is 5. The Kier molecular flexibility index (Phi) is 3.36. The Hall–Kier alpha value is -1.12. The van der Waals surface area contributed by atoms with Crippen LogP contribution in [0, 0.1) is 6.92 Å². The van der Waals surface area contributed by atoms with Gasteiger partial charge < -0.3 is 10.8 Å². The molecule has 0 saturated carbocycles. The number of nitrogen functional groups attached to an aromatic ring is 1. The first kappa shape index (κ1) is 14.3. The number of hydrogen-bond donors (Lipinski definition) is 2. The third kappa shape index (κ3) is 2.47. The average molecular weight is 288 g/mol. The third-order valence-electron chi connectivity index (χ3n) is 3.54. The molecule has 1 aliphatic rings. The van der Waals surface area contributed by atoms with E-state index in [0.717, 1.165) is 0 Å². The summed E-state index contributed by atoms with van der Waals surface area (Å²) < 4.78 is 28.0. The summed E-state index contributed by atoms with van der Waals surface area (Å²) >= 11 is 0. The maximum Gasteiger partial charge on any atom is 0.248 e. The van der Waals surface area contributed by atoms with Gasteiger partial charge in [-0.15, -0.1) is 0 Å². The average Bonchev–Trinajstić information content (AvgIpc) is 2.51. The first-order chi connectivity index (χ1) is 8.65. The van der Waals surface area contributed by atoms with E-state index in [1.165, 1.54) is 8.99 Å². The highest BCUT2D eigenvalue weighted by molar-refractivity contribution is 7.89. The molecule has 7 nitrogen and oxygen atoms in total. The van der Waals surface area contributed by atoms with Crippen LogP contribution in [-0.2, 0) is 17.1 Å². The Labute approximate surface area is 113 Å². The van der Waals surface area contributed by atoms with Crippen molar-refractivity contribution in [2.45, 2.75) is 37.2 Å². The number of aliphatic hydroxyl groups is 1. The predicted octanol–water partition coefficient (Wildman–Crippen LogP) is -0.154. The van der Waals surface area contributed by atoms with Crippen molar-refractivity contribution in [3.05, 3.63) is 5.69 Å². The second kappa shape index (κ2) is 4.46. The first-order valence-electron chi connectivity index (χ1n) is 6.17. The van der Waals surface area contributed by atoms with E-state index in [-0.39, 0.29) is 17.3 Å². The quantitative estimate of drug-likeness (QED) is 0.788. The van der Waals surface area contributed by atoms with Gasteiger partial charge in [-0.3, -0.25) is 4.68 Å². The standard InChI is InChI=1S/C11H20N4O3S/c1-8-9(10(12)13-14(8)3)19(17,18)15-6-4-5-11(2,16)7-15/h16H,4-7H2,1-3H3,(H2,12,13). The molecule has 2 heterocycles. The maximum atomic E-state index is 12.6. The molecule has 1 aromatic rings. The second-order valence-electron chi connectivity index (χ2n) is 5.36. The van der Waals surface area contributed by atoms with Crippen molar-refractivity contribution in [3.8, 4) is 0 Å². The molecule has 0 amide bonds. The number of nitrogens with zero attached hydrogens (tertiary/aromatic N) is 3. The maximum absolute atomic E-state index is 12.6. The summed E-state index contributed by atoms with van der Waals surface area (Å²) in [5.41, 5.74) is 5.21. The van der Waals surface area contributed by atoms with Crippen LogP contribution in [0.15, 0.2) is 4.90 Å². The molecule has 0 bridgehead atoms. The van der Waals surface area contributed by atoms with Gasteiger partial charge in [-0.25, -0.2) is 8.42 Å². The fourth-order valence-corrected chi connectivity index (χ4v) is 4.33. The summed E-state index contributed by atoms with van der Waals surface area (Å²) in [6.45, 7) is 3.79. The molecular formula is C11H20N4O3S. The number of sulfonamides is 1. The largest absolute Gasteiger partial charge is 0.389 e. The van der Waals surface area contributed by atoms with E-state index in [2.05, 4.69) is 5.10 Å². The van der Waals surface area contributed by atoms with E-state index in [9.17, 15) is 13.5 Å². The van der Waals surface area contributed by atoms with Crippen LogP contribution in [0.25, 0.3) is 0 Å². The van der Waals surface area contributed by atoms with Crippen molar-refractivity contribution in [3.63, 3.8) is 0 Å². The van der Waals surface area contributed by atoms with E-state index in [4.69, 9.17) is 5.73 Å². The van der Waals surface area contributed by atoms with Gasteiger partial charge in [-0.05, 0) is 26.7 Å². The highest BCUT2D eigenvalue weighted by atomic mass is 32.2. The molecule has 1 fully saturated rings. The van der Waals surface area contributed by atoms with Crippen LogP contribution in [0.2, 0.25) is 0 Å². The Morgan fingerprint density at radius 3 is 2.58 bits per heavy atom. The number of rotatable bonds is 2. The highest BCUT2D eigenvalue weighted by Crippen LogP contribution is 2.30. The van der Waals surface area contributed by atoms with Gasteiger partial charge in [-0.2, -0.15) is 9.40 Å². The number of piperidine rings is 1. The molecule has 1 aliphatic heterocycles. The second-order valence-corrected chi connectivity index (χ2v) is 7.24. The molecule has 1 saturated heterocycles. The van der Waals surface area contributed by atoms with E-state index >= 15 is 0 Å². The Morgan fingerprint density at radius 2 is 2.11 bits per heavy atom. The molecule has 1 aromatic heterocycles. The monoisotopic (exact) mass is 288 g/mol. The lowest BCUT2D eigenvalue weighted by Crippen LogP contribution is -2.48. The number of aromatic nitrogens is 2. The van der Waals surface area contributed by atoms with Crippen LogP contribution in [-0.4, -0.2) is 46.3 Å². The van der Waals surface area contributed by atoms with Gasteiger partial charge in [0.15, 0.2) is 5.82 Å². The molecular weight excluding hydrogens is 268 g/mol. The summed E-state index contributed by atoms with van der Waals surface area (Å²) in [7, 11) is -2.06. The van der Waals surface area contributed by atoms with Crippen LogP contribution in [0.4, 0.5) is 5.82 Å². The van der Waals surface area contributed by atoms with Crippen LogP contribution in [0.5, 0.6) is 0 Å². The minimum Gasteiger partial charge on any atom is -0.389 e. The molecule has 0 spiro atoms. The lowest BCUT2D eigenvalue weighted by molar-refractivity contribution is 0.00939. The van der Waals surface area contributed by atoms with Gasteiger partial charge in [0.2, 0.25) is 10.0 Å². The Morgan fingerprint density at radius 1 is 1.47 bits per heavy atom. The van der Waals surface area contributed by atoms with Crippen molar-refractivity contribution >= 4 is 15.8 Å². The number of anilines is 1. The zero-order valence-corrected chi connectivity index (χ0v) is 12.2. The van der Waals surface area contributed by atoms with Gasteiger partial charge in [-0.1, -0.05) is 0 Å². The Bertz CT molecular complexity index is 591. The summed E-state index contributed by atoms with van der Waals surface area (Å²) in [4.78, 5) is 0.0488. The van der Waals surface area contributed by atoms with Crippen molar-refractivity contribution in [2.24, 2.45) is 7.05 Å². The Balaban J connectivity index is 2.43. The van der Waals surface area contributed by atoms with Crippen molar-refractivity contribution in [2.75, 3.05) is 18.8 Å². The molecule has 1 atom stereocenters.